The molecular weight excluding hydrogens is 288 g/mol. The molecule has 2 aromatic carbocycles. The quantitative estimate of drug-likeness (QED) is 0.852. The Hall–Kier alpha value is -3.06. The van der Waals surface area contributed by atoms with Gasteiger partial charge in [-0.1, -0.05) is 24.3 Å². The molecule has 4 nitrogen and oxygen atoms in total. The Morgan fingerprint density at radius 2 is 2.09 bits per heavy atom. The summed E-state index contributed by atoms with van der Waals surface area (Å²) in [5.41, 5.74) is 2.89. The van der Waals surface area contributed by atoms with Gasteiger partial charge in [-0.3, -0.25) is 4.79 Å². The fourth-order valence-electron chi connectivity index (χ4n) is 2.07. The smallest absolute Gasteiger partial charge is 0.248 e. The number of para-hydroxylation sites is 1. The van der Waals surface area contributed by atoms with E-state index in [1.54, 1.807) is 18.2 Å². The minimum Gasteiger partial charge on any atom is -0.493 e. The molecule has 1 N–H and O–H groups in total. The largest absolute Gasteiger partial charge is 0.493 e. The summed E-state index contributed by atoms with van der Waals surface area (Å²) in [6.45, 7) is 4.36. The molecule has 0 fully saturated rings. The first-order valence-electron chi connectivity index (χ1n) is 7.35. The number of hydrogen-bond acceptors (Lipinski definition) is 3. The zero-order valence-corrected chi connectivity index (χ0v) is 13.2. The summed E-state index contributed by atoms with van der Waals surface area (Å²) in [4.78, 5) is 12.1. The number of nitriles is 1. The van der Waals surface area contributed by atoms with Gasteiger partial charge < -0.3 is 10.1 Å². The van der Waals surface area contributed by atoms with Crippen LogP contribution < -0.4 is 10.1 Å². The maximum Gasteiger partial charge on any atom is 0.248 e. The van der Waals surface area contributed by atoms with Crippen molar-refractivity contribution in [3.8, 4) is 11.8 Å². The minimum absolute atomic E-state index is 0.255. The third kappa shape index (κ3) is 4.45. The predicted molar refractivity (Wildman–Crippen MR) is 91.2 cm³/mol. The highest BCUT2D eigenvalue weighted by atomic mass is 16.5. The molecule has 0 atom stereocenters. The lowest BCUT2D eigenvalue weighted by atomic mass is 10.1. The first kappa shape index (κ1) is 16.3. The lowest BCUT2D eigenvalue weighted by Crippen LogP contribution is -2.09. The monoisotopic (exact) mass is 306 g/mol. The number of nitrogens with zero attached hydrogens (tertiary/aromatic N) is 1. The second-order valence-corrected chi connectivity index (χ2v) is 4.93. The van der Waals surface area contributed by atoms with Crippen LogP contribution in [0.3, 0.4) is 0 Å². The SMILES string of the molecule is CCOc1ccccc1/C=C/C(=O)Nc1cc(C#N)ccc1C. The minimum atomic E-state index is -0.255. The van der Waals surface area contributed by atoms with Gasteiger partial charge in [-0.05, 0) is 43.7 Å². The second-order valence-electron chi connectivity index (χ2n) is 4.93. The number of rotatable bonds is 5. The molecule has 116 valence electrons. The molecule has 23 heavy (non-hydrogen) atoms. The molecule has 0 spiro atoms. The molecule has 0 heterocycles. The highest BCUT2D eigenvalue weighted by molar-refractivity contribution is 6.02. The standard InChI is InChI=1S/C19H18N2O2/c1-3-23-18-7-5-4-6-16(18)10-11-19(22)21-17-12-15(13-20)9-8-14(17)2/h4-12H,3H2,1-2H3,(H,21,22)/b11-10+. The van der Waals surface area contributed by atoms with Crippen molar-refractivity contribution in [3.05, 3.63) is 65.2 Å². The maximum absolute atomic E-state index is 12.1. The van der Waals surface area contributed by atoms with Gasteiger partial charge in [-0.2, -0.15) is 5.26 Å². The Morgan fingerprint density at radius 3 is 2.83 bits per heavy atom. The summed E-state index contributed by atoms with van der Waals surface area (Å²) >= 11 is 0. The Balaban J connectivity index is 2.13. The zero-order valence-electron chi connectivity index (χ0n) is 13.2. The van der Waals surface area contributed by atoms with Crippen LogP contribution in [0.15, 0.2) is 48.5 Å². The van der Waals surface area contributed by atoms with E-state index in [0.29, 0.717) is 17.9 Å². The first-order valence-corrected chi connectivity index (χ1v) is 7.35. The van der Waals surface area contributed by atoms with E-state index in [4.69, 9.17) is 10.00 Å². The van der Waals surface area contributed by atoms with Crippen LogP contribution in [-0.2, 0) is 4.79 Å². The average molecular weight is 306 g/mol. The Morgan fingerprint density at radius 1 is 1.30 bits per heavy atom. The number of nitrogens with one attached hydrogen (secondary N) is 1. The van der Waals surface area contributed by atoms with Crippen molar-refractivity contribution in [2.75, 3.05) is 11.9 Å². The molecule has 0 aromatic heterocycles. The summed E-state index contributed by atoms with van der Waals surface area (Å²) in [7, 11) is 0. The summed E-state index contributed by atoms with van der Waals surface area (Å²) in [6, 6.07) is 14.8. The number of aryl methyl sites for hydroxylation is 1. The number of anilines is 1. The van der Waals surface area contributed by atoms with Crippen molar-refractivity contribution < 1.29 is 9.53 Å². The zero-order chi connectivity index (χ0) is 16.7. The van der Waals surface area contributed by atoms with Crippen molar-refractivity contribution in [2.24, 2.45) is 0 Å². The van der Waals surface area contributed by atoms with Crippen molar-refractivity contribution in [1.82, 2.24) is 0 Å². The fourth-order valence-corrected chi connectivity index (χ4v) is 2.07. The lowest BCUT2D eigenvalue weighted by Gasteiger charge is -2.07. The van der Waals surface area contributed by atoms with Crippen LogP contribution in [0.4, 0.5) is 5.69 Å². The van der Waals surface area contributed by atoms with Crippen molar-refractivity contribution in [1.29, 1.82) is 5.26 Å². The highest BCUT2D eigenvalue weighted by Crippen LogP contribution is 2.20. The molecule has 0 saturated heterocycles. The predicted octanol–water partition coefficient (Wildman–Crippen LogP) is 3.92. The van der Waals surface area contributed by atoms with Gasteiger partial charge in [-0.25, -0.2) is 0 Å². The third-order valence-corrected chi connectivity index (χ3v) is 3.26. The van der Waals surface area contributed by atoms with Crippen molar-refractivity contribution in [3.63, 3.8) is 0 Å². The molecule has 0 radical (unpaired) electrons. The van der Waals surface area contributed by atoms with Crippen LogP contribution in [0.25, 0.3) is 6.08 Å². The van der Waals surface area contributed by atoms with Crippen LogP contribution in [0.5, 0.6) is 5.75 Å². The molecule has 0 aliphatic carbocycles. The van der Waals surface area contributed by atoms with E-state index in [9.17, 15) is 4.79 Å². The molecule has 2 aromatic rings. The van der Waals surface area contributed by atoms with Gasteiger partial charge in [0.25, 0.3) is 0 Å². The maximum atomic E-state index is 12.1. The van der Waals surface area contributed by atoms with Gasteiger partial charge in [0.1, 0.15) is 5.75 Å². The number of carbonyl (C=O) groups is 1. The Bertz CT molecular complexity index is 773. The first-order chi connectivity index (χ1) is 11.1. The molecule has 0 bridgehead atoms. The second kappa shape index (κ2) is 7.81. The third-order valence-electron chi connectivity index (χ3n) is 3.26. The van der Waals surface area contributed by atoms with Crippen molar-refractivity contribution >= 4 is 17.7 Å². The van der Waals surface area contributed by atoms with Crippen LogP contribution >= 0.6 is 0 Å². The van der Waals surface area contributed by atoms with Crippen LogP contribution in [-0.4, -0.2) is 12.5 Å². The Labute approximate surface area is 136 Å². The van der Waals surface area contributed by atoms with Crippen LogP contribution in [0, 0.1) is 18.3 Å². The van der Waals surface area contributed by atoms with Gasteiger partial charge in [0.15, 0.2) is 0 Å². The van der Waals surface area contributed by atoms with E-state index in [-0.39, 0.29) is 5.91 Å². The Kier molecular flexibility index (Phi) is 5.54. The number of hydrogen-bond donors (Lipinski definition) is 1. The summed E-state index contributed by atoms with van der Waals surface area (Å²) in [5.74, 6) is 0.483. The van der Waals surface area contributed by atoms with Gasteiger partial charge in [-0.15, -0.1) is 0 Å². The summed E-state index contributed by atoms with van der Waals surface area (Å²) < 4.78 is 5.52. The number of ether oxygens (including phenoxy) is 1. The van der Waals surface area contributed by atoms with E-state index in [1.165, 1.54) is 6.08 Å². The van der Waals surface area contributed by atoms with Crippen LogP contribution in [0.1, 0.15) is 23.6 Å². The summed E-state index contributed by atoms with van der Waals surface area (Å²) in [6.07, 6.45) is 3.17. The van der Waals surface area contributed by atoms with Crippen molar-refractivity contribution in [2.45, 2.75) is 13.8 Å². The number of benzene rings is 2. The van der Waals surface area contributed by atoms with E-state index in [1.807, 2.05) is 44.2 Å². The van der Waals surface area contributed by atoms with Crippen LogP contribution in [0.2, 0.25) is 0 Å². The molecule has 0 saturated carbocycles. The highest BCUT2D eigenvalue weighted by Gasteiger charge is 2.04. The van der Waals surface area contributed by atoms with E-state index < -0.39 is 0 Å². The van der Waals surface area contributed by atoms with Gasteiger partial charge in [0.2, 0.25) is 5.91 Å². The number of amides is 1. The van der Waals surface area contributed by atoms with E-state index in [0.717, 1.165) is 16.9 Å². The molecule has 1 amide bonds. The normalized spacial score (nSPS) is 10.3. The lowest BCUT2D eigenvalue weighted by molar-refractivity contribution is -0.111. The molecule has 0 aliphatic heterocycles. The number of carbonyl (C=O) groups excluding carboxylic acids is 1. The van der Waals surface area contributed by atoms with E-state index >= 15 is 0 Å². The van der Waals surface area contributed by atoms with Gasteiger partial charge in [0.05, 0.1) is 18.2 Å². The molecule has 4 heteroatoms. The van der Waals surface area contributed by atoms with Gasteiger partial charge >= 0.3 is 0 Å². The summed E-state index contributed by atoms with van der Waals surface area (Å²) in [5, 5.41) is 11.7. The molecule has 0 aliphatic rings. The molecule has 2 rings (SSSR count). The van der Waals surface area contributed by atoms with Gasteiger partial charge in [0, 0.05) is 17.3 Å². The average Bonchev–Trinajstić information content (AvgIpc) is 2.56. The fraction of sp³-hybridized carbons (Fsp3) is 0.158. The molecule has 0 unspecified atom stereocenters. The van der Waals surface area contributed by atoms with E-state index in [2.05, 4.69) is 11.4 Å². The molecular formula is C19H18N2O2. The topological polar surface area (TPSA) is 62.1 Å².